The monoisotopic (exact) mass is 262 g/mol. The van der Waals surface area contributed by atoms with Gasteiger partial charge < -0.3 is 10.6 Å². The number of rotatable bonds is 7. The van der Waals surface area contributed by atoms with Crippen LogP contribution in [0.25, 0.3) is 0 Å². The van der Waals surface area contributed by atoms with Gasteiger partial charge in [0.15, 0.2) is 0 Å². The summed E-state index contributed by atoms with van der Waals surface area (Å²) in [5.41, 5.74) is 3.68. The molecule has 0 saturated carbocycles. The van der Waals surface area contributed by atoms with E-state index in [0.717, 1.165) is 25.1 Å². The molecule has 0 aliphatic rings. The SMILES string of the molecule is CCc1cccc(CC)c1NCC(=O)NCC(C)C. The molecule has 0 aliphatic carbocycles. The molecule has 19 heavy (non-hydrogen) atoms. The zero-order valence-corrected chi connectivity index (χ0v) is 12.5. The molecule has 0 aromatic heterocycles. The molecule has 0 atom stereocenters. The van der Waals surface area contributed by atoms with E-state index in [0.29, 0.717) is 12.5 Å². The van der Waals surface area contributed by atoms with Crippen molar-refractivity contribution in [1.29, 1.82) is 0 Å². The van der Waals surface area contributed by atoms with Gasteiger partial charge in [0, 0.05) is 12.2 Å². The molecule has 0 spiro atoms. The third-order valence-corrected chi connectivity index (χ3v) is 3.13. The fourth-order valence-corrected chi connectivity index (χ4v) is 2.02. The van der Waals surface area contributed by atoms with Crippen molar-refractivity contribution < 1.29 is 4.79 Å². The number of hydrogen-bond donors (Lipinski definition) is 2. The largest absolute Gasteiger partial charge is 0.376 e. The third kappa shape index (κ3) is 4.93. The molecule has 0 bridgehead atoms. The van der Waals surface area contributed by atoms with Crippen LogP contribution in [0.15, 0.2) is 18.2 Å². The fraction of sp³-hybridized carbons (Fsp3) is 0.562. The predicted octanol–water partition coefficient (Wildman–Crippen LogP) is 3.00. The molecule has 2 N–H and O–H groups in total. The van der Waals surface area contributed by atoms with Crippen LogP contribution < -0.4 is 10.6 Å². The number of para-hydroxylation sites is 1. The van der Waals surface area contributed by atoms with Crippen molar-refractivity contribution in [1.82, 2.24) is 5.32 Å². The molecule has 1 aromatic rings. The second-order valence-corrected chi connectivity index (χ2v) is 5.21. The van der Waals surface area contributed by atoms with E-state index >= 15 is 0 Å². The maximum atomic E-state index is 11.7. The van der Waals surface area contributed by atoms with Crippen molar-refractivity contribution in [2.24, 2.45) is 5.92 Å². The highest BCUT2D eigenvalue weighted by atomic mass is 16.1. The van der Waals surface area contributed by atoms with Crippen molar-refractivity contribution in [2.75, 3.05) is 18.4 Å². The van der Waals surface area contributed by atoms with Crippen LogP contribution in [0.2, 0.25) is 0 Å². The van der Waals surface area contributed by atoms with Crippen molar-refractivity contribution in [3.05, 3.63) is 29.3 Å². The lowest BCUT2D eigenvalue weighted by Gasteiger charge is -2.15. The highest BCUT2D eigenvalue weighted by Crippen LogP contribution is 2.22. The molecule has 1 aromatic carbocycles. The van der Waals surface area contributed by atoms with Crippen LogP contribution in [0.3, 0.4) is 0 Å². The van der Waals surface area contributed by atoms with Crippen LogP contribution in [0.4, 0.5) is 5.69 Å². The number of carbonyl (C=O) groups is 1. The Kier molecular flexibility index (Phi) is 6.40. The Morgan fingerprint density at radius 2 is 1.74 bits per heavy atom. The first kappa shape index (κ1) is 15.5. The fourth-order valence-electron chi connectivity index (χ4n) is 2.02. The minimum Gasteiger partial charge on any atom is -0.376 e. The molecular weight excluding hydrogens is 236 g/mol. The summed E-state index contributed by atoms with van der Waals surface area (Å²) in [6.45, 7) is 9.54. The van der Waals surface area contributed by atoms with Gasteiger partial charge in [-0.25, -0.2) is 0 Å². The van der Waals surface area contributed by atoms with E-state index in [1.54, 1.807) is 0 Å². The first-order valence-corrected chi connectivity index (χ1v) is 7.19. The third-order valence-electron chi connectivity index (χ3n) is 3.13. The smallest absolute Gasteiger partial charge is 0.239 e. The number of benzene rings is 1. The number of hydrogen-bond acceptors (Lipinski definition) is 2. The second kappa shape index (κ2) is 7.82. The van der Waals surface area contributed by atoms with Gasteiger partial charge in [-0.05, 0) is 29.9 Å². The lowest BCUT2D eigenvalue weighted by atomic mass is 10.0. The van der Waals surface area contributed by atoms with Crippen LogP contribution in [-0.4, -0.2) is 19.0 Å². The van der Waals surface area contributed by atoms with E-state index in [9.17, 15) is 4.79 Å². The molecule has 1 amide bonds. The number of aryl methyl sites for hydroxylation is 2. The number of amides is 1. The summed E-state index contributed by atoms with van der Waals surface area (Å²) in [6.07, 6.45) is 1.95. The summed E-state index contributed by atoms with van der Waals surface area (Å²) in [4.78, 5) is 11.7. The number of nitrogens with one attached hydrogen (secondary N) is 2. The van der Waals surface area contributed by atoms with Crippen LogP contribution in [0.1, 0.15) is 38.8 Å². The first-order chi connectivity index (χ1) is 9.08. The van der Waals surface area contributed by atoms with Gasteiger partial charge in [-0.3, -0.25) is 4.79 Å². The summed E-state index contributed by atoms with van der Waals surface area (Å²) in [5.74, 6) is 0.541. The topological polar surface area (TPSA) is 41.1 Å². The van der Waals surface area contributed by atoms with Crippen LogP contribution >= 0.6 is 0 Å². The van der Waals surface area contributed by atoms with E-state index in [-0.39, 0.29) is 5.91 Å². The molecule has 3 nitrogen and oxygen atoms in total. The van der Waals surface area contributed by atoms with Gasteiger partial charge in [-0.15, -0.1) is 0 Å². The van der Waals surface area contributed by atoms with Crippen molar-refractivity contribution in [3.8, 4) is 0 Å². The molecule has 0 heterocycles. The highest BCUT2D eigenvalue weighted by molar-refractivity contribution is 5.81. The van der Waals surface area contributed by atoms with E-state index in [1.165, 1.54) is 11.1 Å². The Morgan fingerprint density at radius 3 is 2.21 bits per heavy atom. The molecule has 3 heteroatoms. The Labute approximate surface area is 116 Å². The molecular formula is C16H26N2O. The van der Waals surface area contributed by atoms with Gasteiger partial charge in [-0.2, -0.15) is 0 Å². The maximum absolute atomic E-state index is 11.7. The van der Waals surface area contributed by atoms with Gasteiger partial charge in [0.05, 0.1) is 6.54 Å². The zero-order chi connectivity index (χ0) is 14.3. The van der Waals surface area contributed by atoms with Crippen LogP contribution in [0, 0.1) is 5.92 Å². The summed E-state index contributed by atoms with van der Waals surface area (Å²) in [6, 6.07) is 6.32. The quantitative estimate of drug-likeness (QED) is 0.793. The predicted molar refractivity (Wildman–Crippen MR) is 81.5 cm³/mol. The number of anilines is 1. The Bertz CT molecular complexity index is 391. The average molecular weight is 262 g/mol. The number of carbonyl (C=O) groups excluding carboxylic acids is 1. The van der Waals surface area contributed by atoms with E-state index in [2.05, 4.69) is 56.5 Å². The minimum absolute atomic E-state index is 0.0571. The second-order valence-electron chi connectivity index (χ2n) is 5.21. The molecule has 106 valence electrons. The minimum atomic E-state index is 0.0571. The molecule has 0 unspecified atom stereocenters. The molecule has 0 radical (unpaired) electrons. The molecule has 0 fully saturated rings. The average Bonchev–Trinajstić information content (AvgIpc) is 2.42. The molecule has 0 saturated heterocycles. The Balaban J connectivity index is 2.63. The van der Waals surface area contributed by atoms with Crippen LogP contribution in [-0.2, 0) is 17.6 Å². The first-order valence-electron chi connectivity index (χ1n) is 7.19. The maximum Gasteiger partial charge on any atom is 0.239 e. The molecule has 0 aliphatic heterocycles. The summed E-state index contributed by atoms with van der Waals surface area (Å²) >= 11 is 0. The standard InChI is InChI=1S/C16H26N2O/c1-5-13-8-7-9-14(6-2)16(13)18-11-15(19)17-10-12(3)4/h7-9,12,18H,5-6,10-11H2,1-4H3,(H,17,19). The van der Waals surface area contributed by atoms with Crippen molar-refractivity contribution >= 4 is 11.6 Å². The van der Waals surface area contributed by atoms with E-state index in [4.69, 9.17) is 0 Å². The van der Waals surface area contributed by atoms with Crippen molar-refractivity contribution in [3.63, 3.8) is 0 Å². The lowest BCUT2D eigenvalue weighted by Crippen LogP contribution is -2.32. The van der Waals surface area contributed by atoms with Gasteiger partial charge >= 0.3 is 0 Å². The van der Waals surface area contributed by atoms with Gasteiger partial charge in [0.2, 0.25) is 5.91 Å². The Hall–Kier alpha value is -1.51. The van der Waals surface area contributed by atoms with E-state index in [1.807, 2.05) is 0 Å². The Morgan fingerprint density at radius 1 is 1.16 bits per heavy atom. The highest BCUT2D eigenvalue weighted by Gasteiger charge is 2.08. The van der Waals surface area contributed by atoms with Gasteiger partial charge in [0.25, 0.3) is 0 Å². The van der Waals surface area contributed by atoms with Gasteiger partial charge in [0.1, 0.15) is 0 Å². The molecule has 1 rings (SSSR count). The normalized spacial score (nSPS) is 10.6. The van der Waals surface area contributed by atoms with E-state index < -0.39 is 0 Å². The lowest BCUT2D eigenvalue weighted by molar-refractivity contribution is -0.119. The zero-order valence-electron chi connectivity index (χ0n) is 12.5. The van der Waals surface area contributed by atoms with Crippen molar-refractivity contribution in [2.45, 2.75) is 40.5 Å². The van der Waals surface area contributed by atoms with Gasteiger partial charge in [-0.1, -0.05) is 45.9 Å². The summed E-state index contributed by atoms with van der Waals surface area (Å²) < 4.78 is 0. The summed E-state index contributed by atoms with van der Waals surface area (Å²) in [5, 5.41) is 6.22. The summed E-state index contributed by atoms with van der Waals surface area (Å²) in [7, 11) is 0. The van der Waals surface area contributed by atoms with Crippen LogP contribution in [0.5, 0.6) is 0 Å².